The summed E-state index contributed by atoms with van der Waals surface area (Å²) in [6.45, 7) is 1.93. The van der Waals surface area contributed by atoms with Gasteiger partial charge in [-0.15, -0.1) is 0 Å². The Bertz CT molecular complexity index is 1560. The zero-order valence-corrected chi connectivity index (χ0v) is 24.5. The lowest BCUT2D eigenvalue weighted by molar-refractivity contribution is -0.118. The Labute approximate surface area is 248 Å². The molecule has 43 heavy (non-hydrogen) atoms. The van der Waals surface area contributed by atoms with Crippen LogP contribution in [0.3, 0.4) is 0 Å². The molecule has 3 unspecified atom stereocenters. The fourth-order valence-corrected chi connectivity index (χ4v) is 8.42. The Hall–Kier alpha value is -3.65. The van der Waals surface area contributed by atoms with Crippen LogP contribution < -0.4 is 16.0 Å². The number of phenolic OH excluding ortho intramolecular Hbond substituents is 1. The zero-order chi connectivity index (χ0) is 30.9. The van der Waals surface area contributed by atoms with Gasteiger partial charge in [0.2, 0.25) is 11.7 Å². The first-order valence-electron chi connectivity index (χ1n) is 14.6. The van der Waals surface area contributed by atoms with Gasteiger partial charge in [-0.3, -0.25) is 24.2 Å². The summed E-state index contributed by atoms with van der Waals surface area (Å²) < 4.78 is 5.74. The van der Waals surface area contributed by atoms with Crippen LogP contribution in [0.15, 0.2) is 28.7 Å². The van der Waals surface area contributed by atoms with Gasteiger partial charge in [-0.1, -0.05) is 0 Å². The molecular weight excluding hydrogens is 558 g/mol. The number of hydrogen-bond donors (Lipinski definition) is 6. The molecule has 7 rings (SSSR count). The van der Waals surface area contributed by atoms with Crippen molar-refractivity contribution in [2.75, 3.05) is 58.0 Å². The number of nitrogens with zero attached hydrogens (tertiary/aromatic N) is 3. The van der Waals surface area contributed by atoms with Crippen LogP contribution in [0.25, 0.3) is 0 Å². The van der Waals surface area contributed by atoms with E-state index < -0.39 is 63.8 Å². The number of carbonyl (C=O) groups is 3. The molecule has 7 N–H and O–H groups in total. The average Bonchev–Trinajstić information content (AvgIpc) is 3.74. The van der Waals surface area contributed by atoms with E-state index >= 15 is 0 Å². The molecule has 0 radical (unpaired) electrons. The number of fused-ring (bicyclic) bond motifs is 3. The first-order valence-corrected chi connectivity index (χ1v) is 14.6. The van der Waals surface area contributed by atoms with E-state index in [0.717, 1.165) is 13.1 Å². The molecule has 3 fully saturated rings. The second-order valence-electron chi connectivity index (χ2n) is 13.4. The van der Waals surface area contributed by atoms with Crippen molar-refractivity contribution in [2.24, 2.45) is 29.4 Å². The van der Waals surface area contributed by atoms with Gasteiger partial charge in [0.05, 0.1) is 23.8 Å². The third-order valence-corrected chi connectivity index (χ3v) is 10.4. The lowest BCUT2D eigenvalue weighted by Gasteiger charge is -2.46. The highest BCUT2D eigenvalue weighted by molar-refractivity contribution is 6.16. The van der Waals surface area contributed by atoms with E-state index in [0.29, 0.717) is 23.1 Å². The molecule has 1 saturated carbocycles. The van der Waals surface area contributed by atoms with Gasteiger partial charge < -0.3 is 41.1 Å². The molecule has 1 aromatic rings. The fraction of sp³-hybridized carbons (Fsp3) is 0.567. The van der Waals surface area contributed by atoms with Crippen molar-refractivity contribution < 1.29 is 39.5 Å². The fourth-order valence-electron chi connectivity index (χ4n) is 8.42. The van der Waals surface area contributed by atoms with E-state index in [4.69, 9.17) is 10.5 Å². The predicted molar refractivity (Wildman–Crippen MR) is 153 cm³/mol. The molecule has 1 aromatic carbocycles. The summed E-state index contributed by atoms with van der Waals surface area (Å²) in [4.78, 5) is 45.1. The maximum atomic E-state index is 14.2. The third kappa shape index (κ3) is 3.68. The van der Waals surface area contributed by atoms with Crippen LogP contribution in [0.5, 0.6) is 5.75 Å². The zero-order valence-electron chi connectivity index (χ0n) is 24.5. The number of nitrogens with two attached hydrogens (primary N) is 1. The molecule has 1 spiro atoms. The molecule has 7 atom stereocenters. The number of aromatic hydroxyl groups is 1. The van der Waals surface area contributed by atoms with Crippen molar-refractivity contribution in [3.63, 3.8) is 0 Å². The van der Waals surface area contributed by atoms with Crippen LogP contribution >= 0.6 is 0 Å². The minimum Gasteiger partial charge on any atom is -0.510 e. The maximum Gasteiger partial charge on any atom is 0.253 e. The monoisotopic (exact) mass is 595 g/mol. The summed E-state index contributed by atoms with van der Waals surface area (Å²) in [6, 6.07) is 0.811. The van der Waals surface area contributed by atoms with Crippen LogP contribution in [-0.4, -0.2) is 113 Å². The number of epoxide rings is 1. The number of ether oxygens (including phenoxy) is 1. The van der Waals surface area contributed by atoms with Gasteiger partial charge in [-0.2, -0.15) is 0 Å². The molecule has 0 bridgehead atoms. The number of piperidine rings is 1. The van der Waals surface area contributed by atoms with E-state index in [1.807, 2.05) is 0 Å². The lowest BCUT2D eigenvalue weighted by atomic mass is 9.60. The predicted octanol–water partition coefficient (Wildman–Crippen LogP) is 0.234. The number of benzene rings is 1. The highest BCUT2D eigenvalue weighted by atomic mass is 16.8. The summed E-state index contributed by atoms with van der Waals surface area (Å²) in [6.07, 6.45) is 1.68. The smallest absolute Gasteiger partial charge is 0.253 e. The number of aliphatic hydroxyl groups is 3. The van der Waals surface area contributed by atoms with Crippen molar-refractivity contribution in [2.45, 2.75) is 36.7 Å². The standard InChI is InChI=1S/C30H37N5O8/c1-33(2)18-8-17(32-19(36)11-35-9-13-5-14(13)10-35)24(37)21-15(18)6-12-7-16-23(34(3)4)26(39)22(28(31)41)30(42)29(16,43-30)27(40)20(12)25(21)38/h8,12-14,16,23,37,39-40,42H,5-7,9-11H2,1-4H3,(H2,31,41)(H,32,36)/t12-,13?,14?,16-,23-,29-,30?/m0/s1. The molecule has 2 saturated heterocycles. The molecule has 4 aliphatic carbocycles. The van der Waals surface area contributed by atoms with Crippen molar-refractivity contribution in [1.82, 2.24) is 9.80 Å². The first-order chi connectivity index (χ1) is 20.2. The van der Waals surface area contributed by atoms with Crippen molar-refractivity contribution >= 4 is 29.0 Å². The highest BCUT2D eigenvalue weighted by Crippen LogP contribution is 2.68. The molecular formula is C30H37N5O8. The summed E-state index contributed by atoms with van der Waals surface area (Å²) in [5, 5.41) is 48.5. The average molecular weight is 596 g/mol. The quantitative estimate of drug-likeness (QED) is 0.195. The second kappa shape index (κ2) is 8.94. The van der Waals surface area contributed by atoms with Gasteiger partial charge in [-0.25, -0.2) is 0 Å². The minimum atomic E-state index is -2.41. The van der Waals surface area contributed by atoms with Gasteiger partial charge in [0.25, 0.3) is 5.91 Å². The Morgan fingerprint density at radius 3 is 2.42 bits per heavy atom. The van der Waals surface area contributed by atoms with E-state index in [1.165, 1.54) is 6.42 Å². The number of carbonyl (C=O) groups excluding carboxylic acids is 3. The van der Waals surface area contributed by atoms with Crippen molar-refractivity contribution in [3.8, 4) is 5.75 Å². The number of rotatable bonds is 6. The number of phenols is 1. The number of ketones is 1. The maximum absolute atomic E-state index is 14.2. The van der Waals surface area contributed by atoms with Crippen LogP contribution in [0.1, 0.15) is 28.8 Å². The van der Waals surface area contributed by atoms with Gasteiger partial charge in [-0.05, 0) is 62.7 Å². The summed E-state index contributed by atoms with van der Waals surface area (Å²) in [5.74, 6) is -5.82. The summed E-state index contributed by atoms with van der Waals surface area (Å²) >= 11 is 0. The number of hydrogen-bond acceptors (Lipinski definition) is 11. The first kappa shape index (κ1) is 28.1. The van der Waals surface area contributed by atoms with Crippen molar-refractivity contribution in [1.29, 1.82) is 0 Å². The second-order valence-corrected chi connectivity index (χ2v) is 13.4. The molecule has 13 nitrogen and oxygen atoms in total. The minimum absolute atomic E-state index is 0.0397. The van der Waals surface area contributed by atoms with Crippen LogP contribution in [0.2, 0.25) is 0 Å². The number of likely N-dealkylation sites (tertiary alicyclic amines) is 1. The van der Waals surface area contributed by atoms with E-state index in [-0.39, 0.29) is 42.1 Å². The molecule has 0 aromatic heterocycles. The number of nitrogens with one attached hydrogen (secondary N) is 1. The van der Waals surface area contributed by atoms with Gasteiger partial charge >= 0.3 is 0 Å². The van der Waals surface area contributed by atoms with E-state index in [9.17, 15) is 34.8 Å². The molecule has 230 valence electrons. The van der Waals surface area contributed by atoms with Crippen LogP contribution in [0.4, 0.5) is 11.4 Å². The number of aliphatic hydroxyl groups excluding tert-OH is 2. The number of amides is 2. The van der Waals surface area contributed by atoms with Crippen LogP contribution in [-0.2, 0) is 20.7 Å². The summed E-state index contributed by atoms with van der Waals surface area (Å²) in [5.41, 5.74) is 4.29. The SMILES string of the molecule is CN(C)c1cc(NC(=O)CN2CC3CC3C2)c(O)c2c1C[C@H]1C[C@H]3[C@H](N(C)C)C(O)=C(C(N)=O)C4(O)O[C@]34C(O)=C1C2=O. The number of Topliss-reactive ketones (excluding diaryl/α,β-unsaturated/α-hetero) is 1. The molecule has 2 amide bonds. The number of anilines is 2. The van der Waals surface area contributed by atoms with Crippen molar-refractivity contribution in [3.05, 3.63) is 39.9 Å². The molecule has 2 aliphatic heterocycles. The van der Waals surface area contributed by atoms with Crippen LogP contribution in [0, 0.1) is 23.7 Å². The largest absolute Gasteiger partial charge is 0.510 e. The Morgan fingerprint density at radius 1 is 1.14 bits per heavy atom. The van der Waals surface area contributed by atoms with E-state index in [2.05, 4.69) is 10.2 Å². The van der Waals surface area contributed by atoms with Gasteiger partial charge in [0.1, 0.15) is 17.1 Å². The van der Waals surface area contributed by atoms with Gasteiger partial charge in [0, 0.05) is 44.4 Å². The number of primary amides is 1. The van der Waals surface area contributed by atoms with E-state index in [1.54, 1.807) is 44.1 Å². The highest BCUT2D eigenvalue weighted by Gasteiger charge is 2.84. The topological polar surface area (TPSA) is 192 Å². The normalized spacial score (nSPS) is 35.6. The Balaban J connectivity index is 1.30. The third-order valence-electron chi connectivity index (χ3n) is 10.4. The molecule has 6 aliphatic rings. The molecule has 13 heteroatoms. The Morgan fingerprint density at radius 2 is 1.81 bits per heavy atom. The Kier molecular flexibility index (Phi) is 5.85. The van der Waals surface area contributed by atoms with Gasteiger partial charge in [0.15, 0.2) is 17.1 Å². The summed E-state index contributed by atoms with van der Waals surface area (Å²) in [7, 11) is 6.96. The molecule has 2 heterocycles. The number of allylic oxidation sites excluding steroid dienone is 1. The number of likely N-dealkylation sites (N-methyl/N-ethyl adjacent to an activating group) is 1. The lowest BCUT2D eigenvalue weighted by Crippen LogP contribution is -2.57.